The van der Waals surface area contributed by atoms with Gasteiger partial charge in [-0.05, 0) is 0 Å². The van der Waals surface area contributed by atoms with Gasteiger partial charge < -0.3 is 24.8 Å². The van der Waals surface area contributed by atoms with Crippen LogP contribution in [0, 0.1) is 29.6 Å². The van der Waals surface area contributed by atoms with E-state index < -0.39 is 22.8 Å². The van der Waals surface area contributed by atoms with Gasteiger partial charge in [-0.3, -0.25) is 0 Å². The normalized spacial score (nSPS) is 28.9. The molecule has 0 nitrogen and oxygen atoms in total. The molecule has 0 heterocycles. The van der Waals surface area contributed by atoms with E-state index in [0.29, 0.717) is 0 Å². The van der Waals surface area contributed by atoms with Crippen molar-refractivity contribution in [2.45, 2.75) is 56.0 Å². The topological polar surface area (TPSA) is 0 Å². The van der Waals surface area contributed by atoms with Crippen molar-refractivity contribution in [3.63, 3.8) is 0 Å². The molecule has 0 N–H and O–H groups in total. The number of hydrogen-bond donors (Lipinski definition) is 0. The standard InChI is InChI=1S/C22H29.C13H10.2ClH.Zr/c1-3-15-12-13-21(17(15)4-2)20-11-7-10-19-18-9-6-5-8-16(18)14-22(19)20;1-3-7-12(8-4-1)11-13-9-5-2-6-10-13;;;/h5-6,8-9,12,14,16,18-20,22H,3-4,7,10-11,13H2,1-2H3;1-10H;2*1H;/q;;;;+2/p-2. The first-order chi connectivity index (χ1) is 17.8. The summed E-state index contributed by atoms with van der Waals surface area (Å²) in [7, 11) is 0. The molecule has 0 bridgehead atoms. The number of rotatable bonds is 6. The molecule has 4 aliphatic rings. The average Bonchev–Trinajstić information content (AvgIpc) is 3.51. The Morgan fingerprint density at radius 2 is 1.42 bits per heavy atom. The fourth-order valence-corrected chi connectivity index (χ4v) is 13.5. The molecule has 0 saturated heterocycles. The van der Waals surface area contributed by atoms with Gasteiger partial charge in [0, 0.05) is 0 Å². The van der Waals surface area contributed by atoms with Crippen molar-refractivity contribution in [3.05, 3.63) is 119 Å². The zero-order chi connectivity index (χ0) is 24.5. The van der Waals surface area contributed by atoms with Crippen LogP contribution in [0.15, 0.2) is 108 Å². The predicted molar refractivity (Wildman–Crippen MR) is 150 cm³/mol. The van der Waals surface area contributed by atoms with Crippen LogP contribution in [0.2, 0.25) is 3.63 Å². The minimum atomic E-state index is -0.917. The maximum absolute atomic E-state index is 2.62. The predicted octanol–water partition coefficient (Wildman–Crippen LogP) is 2.99. The van der Waals surface area contributed by atoms with Gasteiger partial charge >= 0.3 is 230 Å². The third-order valence-corrected chi connectivity index (χ3v) is 14.4. The molecule has 0 spiro atoms. The average molecular weight is 622 g/mol. The molecule has 6 atom stereocenters. The van der Waals surface area contributed by atoms with Gasteiger partial charge in [0.05, 0.1) is 0 Å². The first-order valence-corrected chi connectivity index (χ1v) is 17.0. The van der Waals surface area contributed by atoms with E-state index in [1.54, 1.807) is 14.4 Å². The van der Waals surface area contributed by atoms with Crippen molar-refractivity contribution in [2.75, 3.05) is 0 Å². The van der Waals surface area contributed by atoms with Crippen molar-refractivity contribution in [3.8, 4) is 0 Å². The maximum Gasteiger partial charge on any atom is -1.00 e. The Labute approximate surface area is 253 Å². The monoisotopic (exact) mass is 619 g/mol. The molecule has 6 rings (SSSR count). The van der Waals surface area contributed by atoms with Crippen LogP contribution in [0.3, 0.4) is 0 Å². The Morgan fingerprint density at radius 1 is 0.789 bits per heavy atom. The van der Waals surface area contributed by atoms with Gasteiger partial charge in [-0.2, -0.15) is 0 Å². The molecule has 0 aliphatic heterocycles. The van der Waals surface area contributed by atoms with E-state index in [0.717, 1.165) is 33.2 Å². The molecule has 0 radical (unpaired) electrons. The largest absolute Gasteiger partial charge is 1.00 e. The SMILES string of the molecule is CCC1=CCC(C2CCCC3C4C=CC=CC4[CH]([Zr+2]=[C](c4ccccc4)c4ccccc4)C23)=C1CC.[Cl-].[Cl-]. The second-order valence-corrected chi connectivity index (χ2v) is 14.7. The van der Waals surface area contributed by atoms with Gasteiger partial charge in [0.25, 0.3) is 0 Å². The van der Waals surface area contributed by atoms with E-state index in [2.05, 4.69) is 105 Å². The Kier molecular flexibility index (Phi) is 10.5. The molecule has 38 heavy (non-hydrogen) atoms. The van der Waals surface area contributed by atoms with Crippen molar-refractivity contribution in [1.29, 1.82) is 0 Å². The van der Waals surface area contributed by atoms with Crippen LogP contribution >= 0.6 is 0 Å². The molecule has 2 aromatic carbocycles. The van der Waals surface area contributed by atoms with E-state index in [1.807, 2.05) is 5.57 Å². The Hall–Kier alpha value is -1.27. The van der Waals surface area contributed by atoms with Crippen LogP contribution in [0.5, 0.6) is 0 Å². The number of hydrogen-bond acceptors (Lipinski definition) is 0. The van der Waals surface area contributed by atoms with E-state index in [4.69, 9.17) is 0 Å². The fourth-order valence-electron chi connectivity index (χ4n) is 8.09. The molecule has 2 fully saturated rings. The third kappa shape index (κ3) is 5.50. The molecule has 2 saturated carbocycles. The number of halogens is 2. The first-order valence-electron chi connectivity index (χ1n) is 14.3. The summed E-state index contributed by atoms with van der Waals surface area (Å²) in [5.74, 6) is 4.02. The summed E-state index contributed by atoms with van der Waals surface area (Å²) in [6.07, 6.45) is 20.5. The Bertz CT molecular complexity index is 1200. The minimum absolute atomic E-state index is 0. The van der Waals surface area contributed by atoms with Gasteiger partial charge in [0.1, 0.15) is 0 Å². The van der Waals surface area contributed by atoms with Crippen molar-refractivity contribution in [2.24, 2.45) is 29.6 Å². The van der Waals surface area contributed by atoms with Crippen LogP contribution in [0.25, 0.3) is 0 Å². The third-order valence-electron chi connectivity index (χ3n) is 9.52. The van der Waals surface area contributed by atoms with Crippen LogP contribution < -0.4 is 24.8 Å². The second kappa shape index (κ2) is 13.4. The summed E-state index contributed by atoms with van der Waals surface area (Å²) in [5.41, 5.74) is 8.19. The van der Waals surface area contributed by atoms with Crippen LogP contribution in [0.1, 0.15) is 63.5 Å². The number of fused-ring (bicyclic) bond motifs is 3. The zero-order valence-corrected chi connectivity index (χ0v) is 26.6. The molecule has 0 aromatic heterocycles. The van der Waals surface area contributed by atoms with E-state index in [1.165, 1.54) is 49.7 Å². The summed E-state index contributed by atoms with van der Waals surface area (Å²) >= 11 is -0.917. The van der Waals surface area contributed by atoms with Crippen LogP contribution in [0.4, 0.5) is 0 Å². The quantitative estimate of drug-likeness (QED) is 0.466. The summed E-state index contributed by atoms with van der Waals surface area (Å²) in [5, 5.41) is 0. The molecular formula is C35H39Cl2Zr. The zero-order valence-electron chi connectivity index (χ0n) is 22.6. The van der Waals surface area contributed by atoms with Crippen LogP contribution in [-0.2, 0) is 22.8 Å². The molecule has 2 aromatic rings. The van der Waals surface area contributed by atoms with Crippen molar-refractivity contribution >= 4 is 3.21 Å². The molecular weight excluding hydrogens is 583 g/mol. The van der Waals surface area contributed by atoms with Crippen molar-refractivity contribution in [1.82, 2.24) is 0 Å². The Balaban J connectivity index is 0.00000168. The minimum Gasteiger partial charge on any atom is -1.00 e. The fraction of sp³-hybridized carbons (Fsp3) is 0.400. The second-order valence-electron chi connectivity index (χ2n) is 11.1. The molecule has 0 amide bonds. The van der Waals surface area contributed by atoms with Gasteiger partial charge in [-0.25, -0.2) is 0 Å². The summed E-state index contributed by atoms with van der Waals surface area (Å²) in [4.78, 5) is 0. The molecule has 197 valence electrons. The van der Waals surface area contributed by atoms with E-state index in [-0.39, 0.29) is 24.8 Å². The Morgan fingerprint density at radius 3 is 2.03 bits per heavy atom. The van der Waals surface area contributed by atoms with Gasteiger partial charge in [-0.1, -0.05) is 0 Å². The summed E-state index contributed by atoms with van der Waals surface area (Å²) < 4.78 is 2.57. The van der Waals surface area contributed by atoms with Gasteiger partial charge in [0.15, 0.2) is 0 Å². The van der Waals surface area contributed by atoms with Crippen molar-refractivity contribution < 1.29 is 47.6 Å². The molecule has 4 aliphatic carbocycles. The van der Waals surface area contributed by atoms with E-state index >= 15 is 0 Å². The summed E-state index contributed by atoms with van der Waals surface area (Å²) in [6.45, 7) is 4.75. The maximum atomic E-state index is 2.62. The number of benzene rings is 2. The van der Waals surface area contributed by atoms with E-state index in [9.17, 15) is 0 Å². The van der Waals surface area contributed by atoms with Gasteiger partial charge in [-0.15, -0.1) is 0 Å². The molecule has 6 unspecified atom stereocenters. The van der Waals surface area contributed by atoms with Crippen LogP contribution in [-0.4, -0.2) is 3.21 Å². The van der Waals surface area contributed by atoms with Gasteiger partial charge in [0.2, 0.25) is 0 Å². The summed E-state index contributed by atoms with van der Waals surface area (Å²) in [6, 6.07) is 22.8. The first kappa shape index (κ1) is 29.7. The smallest absolute Gasteiger partial charge is 1.00 e. The molecule has 3 heteroatoms. The number of allylic oxidation sites excluding steroid dienone is 8.